The van der Waals surface area contributed by atoms with Crippen LogP contribution in [0.15, 0.2) is 18.3 Å². The summed E-state index contributed by atoms with van der Waals surface area (Å²) < 4.78 is 5.73. The summed E-state index contributed by atoms with van der Waals surface area (Å²) in [5.41, 5.74) is 1.22. The molecule has 0 radical (unpaired) electrons. The zero-order valence-electron chi connectivity index (χ0n) is 10.6. The van der Waals surface area contributed by atoms with Gasteiger partial charge in [0.25, 0.3) is 0 Å². The largest absolute Gasteiger partial charge is 0.374 e. The third-order valence-electron chi connectivity index (χ3n) is 3.10. The highest BCUT2D eigenvalue weighted by Gasteiger charge is 2.18. The number of nitrogens with one attached hydrogen (secondary N) is 1. The Morgan fingerprint density at radius 1 is 1.59 bits per heavy atom. The Morgan fingerprint density at radius 2 is 2.47 bits per heavy atom. The predicted molar refractivity (Wildman–Crippen MR) is 69.3 cm³/mol. The SMILES string of the molecule is CCN1CCOC(CNc2cc(C)ccn2)C1. The van der Waals surface area contributed by atoms with E-state index in [9.17, 15) is 0 Å². The molecule has 2 heterocycles. The van der Waals surface area contributed by atoms with E-state index in [1.54, 1.807) is 0 Å². The van der Waals surface area contributed by atoms with E-state index < -0.39 is 0 Å². The number of morpholine rings is 1. The van der Waals surface area contributed by atoms with Crippen LogP contribution in [0.3, 0.4) is 0 Å². The molecule has 0 aliphatic carbocycles. The van der Waals surface area contributed by atoms with Crippen LogP contribution in [0, 0.1) is 6.92 Å². The molecular formula is C13H21N3O. The Balaban J connectivity index is 1.81. The molecule has 0 bridgehead atoms. The first-order valence-corrected chi connectivity index (χ1v) is 6.28. The Morgan fingerprint density at radius 3 is 3.24 bits per heavy atom. The van der Waals surface area contributed by atoms with E-state index >= 15 is 0 Å². The van der Waals surface area contributed by atoms with Gasteiger partial charge in [0.05, 0.1) is 12.7 Å². The molecule has 1 aliphatic rings. The number of anilines is 1. The number of pyridine rings is 1. The van der Waals surface area contributed by atoms with Crippen molar-refractivity contribution in [2.24, 2.45) is 0 Å². The molecule has 0 amide bonds. The highest BCUT2D eigenvalue weighted by atomic mass is 16.5. The molecule has 0 saturated carbocycles. The summed E-state index contributed by atoms with van der Waals surface area (Å²) in [7, 11) is 0. The first kappa shape index (κ1) is 12.3. The molecular weight excluding hydrogens is 214 g/mol. The lowest BCUT2D eigenvalue weighted by atomic mass is 10.2. The topological polar surface area (TPSA) is 37.4 Å². The van der Waals surface area contributed by atoms with Gasteiger partial charge in [-0.15, -0.1) is 0 Å². The molecule has 1 aliphatic heterocycles. The summed E-state index contributed by atoms with van der Waals surface area (Å²) in [4.78, 5) is 6.70. The smallest absolute Gasteiger partial charge is 0.126 e. The number of aromatic nitrogens is 1. The van der Waals surface area contributed by atoms with Crippen molar-refractivity contribution in [3.8, 4) is 0 Å². The lowest BCUT2D eigenvalue weighted by molar-refractivity contribution is -0.0192. The number of rotatable bonds is 4. The second-order valence-electron chi connectivity index (χ2n) is 4.49. The molecule has 17 heavy (non-hydrogen) atoms. The number of nitrogens with zero attached hydrogens (tertiary/aromatic N) is 2. The van der Waals surface area contributed by atoms with Gasteiger partial charge in [0, 0.05) is 25.8 Å². The monoisotopic (exact) mass is 235 g/mol. The highest BCUT2D eigenvalue weighted by molar-refractivity contribution is 5.36. The number of hydrogen-bond acceptors (Lipinski definition) is 4. The van der Waals surface area contributed by atoms with Gasteiger partial charge in [-0.05, 0) is 31.2 Å². The fraction of sp³-hybridized carbons (Fsp3) is 0.615. The van der Waals surface area contributed by atoms with Crippen molar-refractivity contribution in [1.29, 1.82) is 0 Å². The minimum Gasteiger partial charge on any atom is -0.374 e. The Hall–Kier alpha value is -1.13. The fourth-order valence-electron chi connectivity index (χ4n) is 2.04. The number of likely N-dealkylation sites (N-methyl/N-ethyl adjacent to an activating group) is 1. The van der Waals surface area contributed by atoms with Crippen LogP contribution in [0.5, 0.6) is 0 Å². The molecule has 0 aromatic carbocycles. The van der Waals surface area contributed by atoms with Gasteiger partial charge in [-0.1, -0.05) is 6.92 Å². The summed E-state index contributed by atoms with van der Waals surface area (Å²) in [6.45, 7) is 9.09. The number of hydrogen-bond donors (Lipinski definition) is 1. The maximum Gasteiger partial charge on any atom is 0.126 e. The molecule has 4 heteroatoms. The van der Waals surface area contributed by atoms with Crippen LogP contribution in [0.2, 0.25) is 0 Å². The molecule has 1 atom stereocenters. The van der Waals surface area contributed by atoms with E-state index in [1.807, 2.05) is 12.3 Å². The number of aryl methyl sites for hydroxylation is 1. The van der Waals surface area contributed by atoms with Gasteiger partial charge in [0.15, 0.2) is 0 Å². The second kappa shape index (κ2) is 5.98. The number of ether oxygens (including phenoxy) is 1. The normalized spacial score (nSPS) is 21.4. The fourth-order valence-corrected chi connectivity index (χ4v) is 2.04. The van der Waals surface area contributed by atoms with Gasteiger partial charge in [0.2, 0.25) is 0 Å². The standard InChI is InChI=1S/C13H21N3O/c1-3-16-6-7-17-12(10-16)9-15-13-8-11(2)4-5-14-13/h4-5,8,12H,3,6-7,9-10H2,1-2H3,(H,14,15). The van der Waals surface area contributed by atoms with E-state index in [0.29, 0.717) is 0 Å². The third kappa shape index (κ3) is 3.68. The minimum atomic E-state index is 0.269. The molecule has 1 unspecified atom stereocenters. The molecule has 4 nitrogen and oxygen atoms in total. The van der Waals surface area contributed by atoms with Crippen LogP contribution in [0.25, 0.3) is 0 Å². The van der Waals surface area contributed by atoms with Crippen molar-refractivity contribution >= 4 is 5.82 Å². The first-order valence-electron chi connectivity index (χ1n) is 6.28. The van der Waals surface area contributed by atoms with Gasteiger partial charge < -0.3 is 10.1 Å². The van der Waals surface area contributed by atoms with E-state index in [1.165, 1.54) is 5.56 Å². The molecule has 1 N–H and O–H groups in total. The van der Waals surface area contributed by atoms with Crippen LogP contribution in [-0.4, -0.2) is 48.8 Å². The summed E-state index contributed by atoms with van der Waals surface area (Å²) in [5, 5.41) is 3.34. The second-order valence-corrected chi connectivity index (χ2v) is 4.49. The van der Waals surface area contributed by atoms with E-state index in [0.717, 1.165) is 38.6 Å². The van der Waals surface area contributed by atoms with Crippen LogP contribution in [0.1, 0.15) is 12.5 Å². The van der Waals surface area contributed by atoms with Gasteiger partial charge in [0.1, 0.15) is 5.82 Å². The maximum absolute atomic E-state index is 5.73. The first-order chi connectivity index (χ1) is 8.28. The Kier molecular flexibility index (Phi) is 4.34. The zero-order chi connectivity index (χ0) is 12.1. The lowest BCUT2D eigenvalue weighted by Gasteiger charge is -2.32. The van der Waals surface area contributed by atoms with Crippen molar-refractivity contribution in [1.82, 2.24) is 9.88 Å². The summed E-state index contributed by atoms with van der Waals surface area (Å²) in [6.07, 6.45) is 2.10. The minimum absolute atomic E-state index is 0.269. The molecule has 0 spiro atoms. The highest BCUT2D eigenvalue weighted by Crippen LogP contribution is 2.08. The van der Waals surface area contributed by atoms with E-state index in [4.69, 9.17) is 4.74 Å². The molecule has 1 aromatic heterocycles. The molecule has 1 saturated heterocycles. The Labute approximate surface area is 103 Å². The summed E-state index contributed by atoms with van der Waals surface area (Å²) in [5.74, 6) is 0.933. The lowest BCUT2D eigenvalue weighted by Crippen LogP contribution is -2.45. The van der Waals surface area contributed by atoms with Crippen molar-refractivity contribution in [2.45, 2.75) is 20.0 Å². The van der Waals surface area contributed by atoms with Gasteiger partial charge >= 0.3 is 0 Å². The Bertz CT molecular complexity index is 356. The molecule has 94 valence electrons. The van der Waals surface area contributed by atoms with E-state index in [2.05, 4.69) is 35.1 Å². The average Bonchev–Trinajstić information content (AvgIpc) is 2.37. The molecule has 1 fully saturated rings. The van der Waals surface area contributed by atoms with Crippen molar-refractivity contribution < 1.29 is 4.74 Å². The summed E-state index contributed by atoms with van der Waals surface area (Å²) >= 11 is 0. The summed E-state index contributed by atoms with van der Waals surface area (Å²) in [6, 6.07) is 4.06. The van der Waals surface area contributed by atoms with Gasteiger partial charge in [-0.3, -0.25) is 4.90 Å². The van der Waals surface area contributed by atoms with Crippen molar-refractivity contribution in [2.75, 3.05) is 38.1 Å². The average molecular weight is 235 g/mol. The zero-order valence-corrected chi connectivity index (χ0v) is 10.6. The van der Waals surface area contributed by atoms with Crippen molar-refractivity contribution in [3.63, 3.8) is 0 Å². The molecule has 1 aromatic rings. The van der Waals surface area contributed by atoms with Gasteiger partial charge in [-0.25, -0.2) is 4.98 Å². The third-order valence-corrected chi connectivity index (χ3v) is 3.10. The molecule has 2 rings (SSSR count). The van der Waals surface area contributed by atoms with Crippen molar-refractivity contribution in [3.05, 3.63) is 23.9 Å². The maximum atomic E-state index is 5.73. The van der Waals surface area contributed by atoms with Crippen LogP contribution >= 0.6 is 0 Å². The van der Waals surface area contributed by atoms with Crippen LogP contribution in [0.4, 0.5) is 5.82 Å². The predicted octanol–water partition coefficient (Wildman–Crippen LogP) is 1.52. The van der Waals surface area contributed by atoms with Gasteiger partial charge in [-0.2, -0.15) is 0 Å². The van der Waals surface area contributed by atoms with Crippen LogP contribution in [-0.2, 0) is 4.74 Å². The van der Waals surface area contributed by atoms with Crippen LogP contribution < -0.4 is 5.32 Å². The quantitative estimate of drug-likeness (QED) is 0.858. The van der Waals surface area contributed by atoms with E-state index in [-0.39, 0.29) is 6.10 Å².